The molecule has 1 aliphatic carbocycles. The van der Waals surface area contributed by atoms with Gasteiger partial charge >= 0.3 is 5.97 Å². The van der Waals surface area contributed by atoms with E-state index < -0.39 is 12.0 Å². The summed E-state index contributed by atoms with van der Waals surface area (Å²) in [5, 5.41) is 9.17. The van der Waals surface area contributed by atoms with Crippen molar-refractivity contribution in [1.29, 1.82) is 0 Å². The van der Waals surface area contributed by atoms with E-state index in [-0.39, 0.29) is 35.4 Å². The monoisotopic (exact) mass is 532 g/mol. The van der Waals surface area contributed by atoms with E-state index in [2.05, 4.69) is 36.4 Å². The molecule has 1 aliphatic heterocycles. The molecular weight excluding hydrogens is 500 g/mol. The first-order valence-electron chi connectivity index (χ1n) is 12.2. The molecule has 1 saturated carbocycles. The van der Waals surface area contributed by atoms with E-state index in [9.17, 15) is 14.4 Å². The third-order valence-electron chi connectivity index (χ3n) is 6.74. The Balaban J connectivity index is 1.40. The Morgan fingerprint density at radius 2 is 1.89 bits per heavy atom. The quantitative estimate of drug-likeness (QED) is 0.547. The van der Waals surface area contributed by atoms with Gasteiger partial charge in [-0.1, -0.05) is 23.7 Å². The maximum Gasteiger partial charge on any atom is 0.310 e. The van der Waals surface area contributed by atoms with Gasteiger partial charge in [-0.2, -0.15) is 0 Å². The van der Waals surface area contributed by atoms with Gasteiger partial charge in [-0.15, -0.1) is 11.3 Å². The van der Waals surface area contributed by atoms with E-state index >= 15 is 0 Å². The van der Waals surface area contributed by atoms with Gasteiger partial charge in [-0.05, 0) is 58.6 Å². The predicted molar refractivity (Wildman–Crippen MR) is 140 cm³/mol. The molecule has 2 heterocycles. The van der Waals surface area contributed by atoms with Gasteiger partial charge < -0.3 is 20.3 Å². The highest BCUT2D eigenvalue weighted by molar-refractivity contribution is 7.12. The number of thiazole rings is 1. The second-order valence-corrected chi connectivity index (χ2v) is 11.8. The van der Waals surface area contributed by atoms with Crippen LogP contribution in [0.1, 0.15) is 56.3 Å². The second kappa shape index (κ2) is 10.9. The number of rotatable bonds is 6. The summed E-state index contributed by atoms with van der Waals surface area (Å²) in [7, 11) is 1.39. The van der Waals surface area contributed by atoms with Crippen molar-refractivity contribution in [3.8, 4) is 11.3 Å². The topological polar surface area (TPSA) is 101 Å². The predicted octanol–water partition coefficient (Wildman–Crippen LogP) is 3.89. The number of methoxy groups -OCH3 is 1. The Morgan fingerprint density at radius 1 is 1.17 bits per heavy atom. The number of benzene rings is 1. The molecule has 1 aromatic carbocycles. The molecule has 2 amide bonds. The number of halogens is 1. The average Bonchev–Trinajstić information content (AvgIpc) is 3.46. The minimum atomic E-state index is -0.635. The van der Waals surface area contributed by atoms with Crippen LogP contribution in [0.25, 0.3) is 11.3 Å². The van der Waals surface area contributed by atoms with Crippen LogP contribution in [0.15, 0.2) is 29.6 Å². The lowest BCUT2D eigenvalue weighted by molar-refractivity contribution is -0.151. The fraction of sp³-hybridized carbons (Fsp3) is 0.538. The zero-order valence-electron chi connectivity index (χ0n) is 21.0. The van der Waals surface area contributed by atoms with Crippen molar-refractivity contribution in [3.63, 3.8) is 0 Å². The molecule has 36 heavy (non-hydrogen) atoms. The first kappa shape index (κ1) is 26.6. The molecule has 2 aromatic rings. The lowest BCUT2D eigenvalue weighted by atomic mass is 9.80. The number of carbonyl (C=O) groups is 3. The number of aromatic nitrogens is 1. The number of likely N-dealkylation sites (tertiary alicyclic amines) is 1. The standard InChI is InChI=1S/C26H33ClN4O4S/c1-26(2,3)30-17-9-10-21(18(13-17)25(34)35-4)31-12-11-19(24(31)33)28-22(32)23-29-20(14-36-23)15-5-7-16(27)8-6-15/h5-8,14,17-19,21,30H,9-13H2,1-4H3,(H,28,32)/t17-,18-,19+,21+/m1/s1. The normalized spacial score (nSPS) is 24.6. The summed E-state index contributed by atoms with van der Waals surface area (Å²) in [6, 6.07) is 6.55. The molecule has 10 heteroatoms. The van der Waals surface area contributed by atoms with E-state index in [1.807, 2.05) is 17.5 Å². The van der Waals surface area contributed by atoms with Crippen molar-refractivity contribution in [2.45, 2.75) is 70.1 Å². The highest BCUT2D eigenvalue weighted by atomic mass is 35.5. The van der Waals surface area contributed by atoms with Gasteiger partial charge in [0, 0.05) is 40.1 Å². The molecule has 2 aliphatic rings. The lowest BCUT2D eigenvalue weighted by Crippen LogP contribution is -2.55. The van der Waals surface area contributed by atoms with Crippen LogP contribution in [0.5, 0.6) is 0 Å². The maximum atomic E-state index is 13.3. The number of esters is 1. The summed E-state index contributed by atoms with van der Waals surface area (Å²) in [4.78, 5) is 45.1. The van der Waals surface area contributed by atoms with Crippen molar-refractivity contribution in [3.05, 3.63) is 39.7 Å². The van der Waals surface area contributed by atoms with E-state index in [1.54, 1.807) is 17.0 Å². The van der Waals surface area contributed by atoms with Crippen molar-refractivity contribution >= 4 is 40.7 Å². The average molecular weight is 533 g/mol. The molecule has 0 radical (unpaired) electrons. The Hall–Kier alpha value is -2.49. The van der Waals surface area contributed by atoms with Gasteiger partial charge in [-0.3, -0.25) is 14.4 Å². The van der Waals surface area contributed by atoms with Crippen LogP contribution in [-0.4, -0.2) is 65.0 Å². The summed E-state index contributed by atoms with van der Waals surface area (Å²) in [5.74, 6) is -1.22. The lowest BCUT2D eigenvalue weighted by Gasteiger charge is -2.41. The van der Waals surface area contributed by atoms with Crippen LogP contribution in [0, 0.1) is 5.92 Å². The Labute approximate surface area is 220 Å². The number of nitrogens with one attached hydrogen (secondary N) is 2. The first-order valence-corrected chi connectivity index (χ1v) is 13.5. The summed E-state index contributed by atoms with van der Waals surface area (Å²) >= 11 is 7.18. The summed E-state index contributed by atoms with van der Waals surface area (Å²) < 4.78 is 5.10. The van der Waals surface area contributed by atoms with Crippen molar-refractivity contribution in [2.24, 2.45) is 5.92 Å². The third kappa shape index (κ3) is 6.07. The molecule has 194 valence electrons. The van der Waals surface area contributed by atoms with Crippen molar-refractivity contribution in [2.75, 3.05) is 13.7 Å². The minimum Gasteiger partial charge on any atom is -0.469 e. The molecule has 2 N–H and O–H groups in total. The summed E-state index contributed by atoms with van der Waals surface area (Å²) in [6.07, 6.45) is 2.68. The van der Waals surface area contributed by atoms with Crippen LogP contribution in [0.4, 0.5) is 0 Å². The summed E-state index contributed by atoms with van der Waals surface area (Å²) in [6.45, 7) is 6.80. The number of hydrogen-bond donors (Lipinski definition) is 2. The van der Waals surface area contributed by atoms with E-state index in [0.717, 1.165) is 12.0 Å². The van der Waals surface area contributed by atoms with Crippen LogP contribution >= 0.6 is 22.9 Å². The van der Waals surface area contributed by atoms with Gasteiger partial charge in [0.25, 0.3) is 5.91 Å². The van der Waals surface area contributed by atoms with Crippen molar-refractivity contribution < 1.29 is 19.1 Å². The fourth-order valence-electron chi connectivity index (χ4n) is 5.19. The smallest absolute Gasteiger partial charge is 0.310 e. The molecule has 4 atom stereocenters. The van der Waals surface area contributed by atoms with Crippen LogP contribution in [-0.2, 0) is 14.3 Å². The molecule has 8 nitrogen and oxygen atoms in total. The van der Waals surface area contributed by atoms with Gasteiger partial charge in [0.15, 0.2) is 5.01 Å². The highest BCUT2D eigenvalue weighted by Crippen LogP contribution is 2.33. The molecule has 1 aromatic heterocycles. The Bertz CT molecular complexity index is 1110. The number of hydrogen-bond acceptors (Lipinski definition) is 7. The minimum absolute atomic E-state index is 0.0692. The maximum absolute atomic E-state index is 13.3. The number of ether oxygens (including phenoxy) is 1. The largest absolute Gasteiger partial charge is 0.469 e. The van der Waals surface area contributed by atoms with Crippen LogP contribution < -0.4 is 10.6 Å². The van der Waals surface area contributed by atoms with Gasteiger partial charge in [0.2, 0.25) is 5.91 Å². The zero-order valence-corrected chi connectivity index (χ0v) is 22.6. The molecule has 2 fully saturated rings. The number of amides is 2. The summed E-state index contributed by atoms with van der Waals surface area (Å²) in [5.41, 5.74) is 1.48. The SMILES string of the molecule is COC(=O)[C@@H]1C[C@H](NC(C)(C)C)CC[C@@H]1N1CC[C@H](NC(=O)c2nc(-c3ccc(Cl)cc3)cs2)C1=O. The third-order valence-corrected chi connectivity index (χ3v) is 7.83. The Morgan fingerprint density at radius 3 is 2.56 bits per heavy atom. The number of carbonyl (C=O) groups excluding carboxylic acids is 3. The molecule has 0 spiro atoms. The Kier molecular flexibility index (Phi) is 8.02. The molecule has 1 saturated heterocycles. The van der Waals surface area contributed by atoms with E-state index in [0.29, 0.717) is 41.5 Å². The van der Waals surface area contributed by atoms with Gasteiger partial charge in [-0.25, -0.2) is 4.98 Å². The van der Waals surface area contributed by atoms with E-state index in [1.165, 1.54) is 18.4 Å². The van der Waals surface area contributed by atoms with Crippen LogP contribution in [0.2, 0.25) is 5.02 Å². The van der Waals surface area contributed by atoms with Gasteiger partial charge in [0.05, 0.1) is 18.7 Å². The second-order valence-electron chi connectivity index (χ2n) is 10.5. The van der Waals surface area contributed by atoms with Crippen molar-refractivity contribution in [1.82, 2.24) is 20.5 Å². The zero-order chi connectivity index (χ0) is 26.0. The van der Waals surface area contributed by atoms with E-state index in [4.69, 9.17) is 16.3 Å². The number of nitrogens with zero attached hydrogens (tertiary/aromatic N) is 2. The molecular formula is C26H33ClN4O4S. The molecule has 0 bridgehead atoms. The molecule has 4 rings (SSSR count). The van der Waals surface area contributed by atoms with Crippen LogP contribution in [0.3, 0.4) is 0 Å². The highest BCUT2D eigenvalue weighted by Gasteiger charge is 2.45. The fourth-order valence-corrected chi connectivity index (χ4v) is 6.05. The first-order chi connectivity index (χ1) is 17.1. The molecule has 0 unspecified atom stereocenters. The van der Waals surface area contributed by atoms with Gasteiger partial charge in [0.1, 0.15) is 6.04 Å².